The minimum absolute atomic E-state index is 0.763. The Bertz CT molecular complexity index is 164. The van der Waals surface area contributed by atoms with Crippen molar-refractivity contribution in [3.63, 3.8) is 0 Å². The lowest BCUT2D eigenvalue weighted by molar-refractivity contribution is 0.297. The number of hydrogen-bond acceptors (Lipinski definition) is 2. The van der Waals surface area contributed by atoms with E-state index < -0.39 is 0 Å². The van der Waals surface area contributed by atoms with Crippen LogP contribution in [-0.4, -0.2) is 37.6 Å². The van der Waals surface area contributed by atoms with Crippen LogP contribution in [0.3, 0.4) is 0 Å². The number of rotatable bonds is 4. The van der Waals surface area contributed by atoms with E-state index in [0.29, 0.717) is 0 Å². The molecule has 0 aromatic heterocycles. The van der Waals surface area contributed by atoms with Crippen LogP contribution in [0.15, 0.2) is 0 Å². The first-order chi connectivity index (χ1) is 6.88. The topological polar surface area (TPSA) is 15.3 Å². The Labute approximate surface area is 88.1 Å². The van der Waals surface area contributed by atoms with Crippen LogP contribution in [0.25, 0.3) is 0 Å². The van der Waals surface area contributed by atoms with Crippen molar-refractivity contribution in [1.29, 1.82) is 0 Å². The number of likely N-dealkylation sites (N-methyl/N-ethyl adjacent to an activating group) is 1. The van der Waals surface area contributed by atoms with E-state index in [1.165, 1.54) is 58.2 Å². The molecule has 1 saturated heterocycles. The van der Waals surface area contributed by atoms with Crippen LogP contribution >= 0.6 is 0 Å². The second-order valence-electron chi connectivity index (χ2n) is 5.01. The molecule has 1 aliphatic heterocycles. The molecule has 1 N–H and O–H groups in total. The fourth-order valence-electron chi connectivity index (χ4n) is 2.94. The standard InChI is InChI=1S/C12H24N2/c1-13-12-7-9-14(10-12)8-6-11-4-2-3-5-11/h11-13H,2-10H2,1H3. The maximum Gasteiger partial charge on any atom is 0.0204 e. The van der Waals surface area contributed by atoms with Gasteiger partial charge in [-0.1, -0.05) is 25.7 Å². The molecule has 14 heavy (non-hydrogen) atoms. The third-order valence-corrected chi connectivity index (χ3v) is 4.01. The van der Waals surface area contributed by atoms with E-state index in [4.69, 9.17) is 0 Å². The average Bonchev–Trinajstić information content (AvgIpc) is 2.86. The Morgan fingerprint density at radius 2 is 2.00 bits per heavy atom. The molecule has 1 heterocycles. The summed E-state index contributed by atoms with van der Waals surface area (Å²) >= 11 is 0. The van der Waals surface area contributed by atoms with Crippen LogP contribution in [-0.2, 0) is 0 Å². The lowest BCUT2D eigenvalue weighted by atomic mass is 10.0. The molecule has 82 valence electrons. The lowest BCUT2D eigenvalue weighted by Crippen LogP contribution is -2.30. The summed E-state index contributed by atoms with van der Waals surface area (Å²) < 4.78 is 0. The van der Waals surface area contributed by atoms with Gasteiger partial charge in [0.1, 0.15) is 0 Å². The van der Waals surface area contributed by atoms with E-state index in [1.807, 2.05) is 0 Å². The van der Waals surface area contributed by atoms with Crippen molar-refractivity contribution in [2.75, 3.05) is 26.7 Å². The van der Waals surface area contributed by atoms with Crippen molar-refractivity contribution in [2.24, 2.45) is 5.92 Å². The molecule has 0 radical (unpaired) electrons. The first-order valence-corrected chi connectivity index (χ1v) is 6.28. The number of nitrogens with zero attached hydrogens (tertiary/aromatic N) is 1. The van der Waals surface area contributed by atoms with Gasteiger partial charge in [-0.3, -0.25) is 0 Å². The van der Waals surface area contributed by atoms with Crippen molar-refractivity contribution in [1.82, 2.24) is 10.2 Å². The molecule has 1 aliphatic carbocycles. The summed E-state index contributed by atoms with van der Waals surface area (Å²) in [5.41, 5.74) is 0. The SMILES string of the molecule is CNC1CCN(CCC2CCCC2)C1. The maximum absolute atomic E-state index is 3.38. The number of likely N-dealkylation sites (tertiary alicyclic amines) is 1. The normalized spacial score (nSPS) is 30.2. The van der Waals surface area contributed by atoms with Crippen LogP contribution in [0, 0.1) is 5.92 Å². The third kappa shape index (κ3) is 2.71. The van der Waals surface area contributed by atoms with Gasteiger partial charge < -0.3 is 10.2 Å². The maximum atomic E-state index is 3.38. The first-order valence-electron chi connectivity index (χ1n) is 6.28. The smallest absolute Gasteiger partial charge is 0.0204 e. The minimum atomic E-state index is 0.763. The summed E-state index contributed by atoms with van der Waals surface area (Å²) in [6, 6.07) is 0.763. The average molecular weight is 196 g/mol. The van der Waals surface area contributed by atoms with Gasteiger partial charge in [0.05, 0.1) is 0 Å². The molecule has 0 aromatic rings. The number of nitrogens with one attached hydrogen (secondary N) is 1. The molecule has 2 rings (SSSR count). The molecule has 2 aliphatic rings. The van der Waals surface area contributed by atoms with Gasteiger partial charge in [0.15, 0.2) is 0 Å². The Kier molecular flexibility index (Phi) is 3.82. The van der Waals surface area contributed by atoms with Crippen molar-refractivity contribution < 1.29 is 0 Å². The fraction of sp³-hybridized carbons (Fsp3) is 1.00. The highest BCUT2D eigenvalue weighted by atomic mass is 15.2. The number of hydrogen-bond donors (Lipinski definition) is 1. The van der Waals surface area contributed by atoms with Gasteiger partial charge in [0.25, 0.3) is 0 Å². The molecular weight excluding hydrogens is 172 g/mol. The van der Waals surface area contributed by atoms with Gasteiger partial charge in [-0.15, -0.1) is 0 Å². The quantitative estimate of drug-likeness (QED) is 0.738. The third-order valence-electron chi connectivity index (χ3n) is 4.01. The Hall–Kier alpha value is -0.0800. The molecule has 1 unspecified atom stereocenters. The minimum Gasteiger partial charge on any atom is -0.316 e. The van der Waals surface area contributed by atoms with Crippen LogP contribution in [0.4, 0.5) is 0 Å². The second kappa shape index (κ2) is 5.13. The van der Waals surface area contributed by atoms with Crippen molar-refractivity contribution in [3.05, 3.63) is 0 Å². The van der Waals surface area contributed by atoms with Crippen molar-refractivity contribution in [2.45, 2.75) is 44.6 Å². The highest BCUT2D eigenvalue weighted by Gasteiger charge is 2.22. The summed E-state index contributed by atoms with van der Waals surface area (Å²) in [4.78, 5) is 2.64. The summed E-state index contributed by atoms with van der Waals surface area (Å²) in [5.74, 6) is 1.06. The van der Waals surface area contributed by atoms with Crippen LogP contribution < -0.4 is 5.32 Å². The van der Waals surface area contributed by atoms with Crippen molar-refractivity contribution in [3.8, 4) is 0 Å². The lowest BCUT2D eigenvalue weighted by Gasteiger charge is -2.18. The molecule has 0 aromatic carbocycles. The van der Waals surface area contributed by atoms with Crippen LogP contribution in [0.1, 0.15) is 38.5 Å². The van der Waals surface area contributed by atoms with Crippen molar-refractivity contribution >= 4 is 0 Å². The van der Waals surface area contributed by atoms with E-state index in [9.17, 15) is 0 Å². The summed E-state index contributed by atoms with van der Waals surface area (Å²) in [5, 5.41) is 3.38. The molecule has 2 nitrogen and oxygen atoms in total. The monoisotopic (exact) mass is 196 g/mol. The van der Waals surface area contributed by atoms with E-state index in [1.54, 1.807) is 0 Å². The molecule has 2 heteroatoms. The molecule has 0 bridgehead atoms. The molecular formula is C12H24N2. The molecule has 1 atom stereocenters. The molecule has 1 saturated carbocycles. The van der Waals surface area contributed by atoms with Gasteiger partial charge in [-0.2, -0.15) is 0 Å². The van der Waals surface area contributed by atoms with Gasteiger partial charge in [-0.25, -0.2) is 0 Å². The Balaban J connectivity index is 1.61. The predicted molar refractivity (Wildman–Crippen MR) is 60.5 cm³/mol. The van der Waals surface area contributed by atoms with Gasteiger partial charge >= 0.3 is 0 Å². The molecule has 0 spiro atoms. The van der Waals surface area contributed by atoms with Gasteiger partial charge in [-0.05, 0) is 38.9 Å². The zero-order valence-electron chi connectivity index (χ0n) is 9.47. The van der Waals surface area contributed by atoms with Crippen LogP contribution in [0.2, 0.25) is 0 Å². The van der Waals surface area contributed by atoms with E-state index in [0.717, 1.165) is 12.0 Å². The highest BCUT2D eigenvalue weighted by molar-refractivity contribution is 4.80. The highest BCUT2D eigenvalue weighted by Crippen LogP contribution is 2.27. The summed E-state index contributed by atoms with van der Waals surface area (Å²) in [7, 11) is 2.09. The van der Waals surface area contributed by atoms with Gasteiger partial charge in [0.2, 0.25) is 0 Å². The Morgan fingerprint density at radius 3 is 2.64 bits per heavy atom. The van der Waals surface area contributed by atoms with E-state index in [-0.39, 0.29) is 0 Å². The first kappa shape index (κ1) is 10.4. The summed E-state index contributed by atoms with van der Waals surface area (Å²) in [6.45, 7) is 3.95. The second-order valence-corrected chi connectivity index (χ2v) is 5.01. The Morgan fingerprint density at radius 1 is 1.21 bits per heavy atom. The summed E-state index contributed by atoms with van der Waals surface area (Å²) in [6.07, 6.45) is 8.79. The van der Waals surface area contributed by atoms with E-state index >= 15 is 0 Å². The zero-order valence-corrected chi connectivity index (χ0v) is 9.47. The largest absolute Gasteiger partial charge is 0.316 e. The molecule has 0 amide bonds. The predicted octanol–water partition coefficient (Wildman–Crippen LogP) is 1.86. The van der Waals surface area contributed by atoms with Gasteiger partial charge in [0, 0.05) is 12.6 Å². The van der Waals surface area contributed by atoms with Crippen LogP contribution in [0.5, 0.6) is 0 Å². The molecule has 2 fully saturated rings. The zero-order chi connectivity index (χ0) is 9.80. The fourth-order valence-corrected chi connectivity index (χ4v) is 2.94. The van der Waals surface area contributed by atoms with E-state index in [2.05, 4.69) is 17.3 Å².